The lowest BCUT2D eigenvalue weighted by Gasteiger charge is -2.11. The van der Waals surface area contributed by atoms with Gasteiger partial charge in [-0.05, 0) is 123 Å². The van der Waals surface area contributed by atoms with E-state index in [9.17, 15) is 53.6 Å². The molecule has 660 valence electrons. The number of sulfonamides is 2. The molecule has 4 aromatic rings. The van der Waals surface area contributed by atoms with Crippen LogP contribution in [0, 0.1) is 23.3 Å². The number of ether oxygens (including phenoxy) is 17. The molecular weight excluding hydrogens is 1590 g/mol. The first-order valence-corrected chi connectivity index (χ1v) is 40.5. The van der Waals surface area contributed by atoms with Gasteiger partial charge in [0.05, 0.1) is 188 Å². The van der Waals surface area contributed by atoms with Crippen LogP contribution in [0.5, 0.6) is 23.0 Å². The molecule has 0 aliphatic heterocycles. The number of aliphatic imine (C=N–C) groups is 2. The van der Waals surface area contributed by atoms with Gasteiger partial charge in [-0.15, -0.1) is 0 Å². The molecule has 41 heteroatoms. The van der Waals surface area contributed by atoms with Crippen molar-refractivity contribution >= 4 is 67.7 Å². The summed E-state index contributed by atoms with van der Waals surface area (Å²) in [5.41, 5.74) is 20.8. The van der Waals surface area contributed by atoms with Crippen molar-refractivity contribution in [2.45, 2.75) is 63.2 Å². The molecule has 4 rings (SSSR count). The van der Waals surface area contributed by atoms with Crippen LogP contribution in [0.3, 0.4) is 0 Å². The molecule has 0 heterocycles. The number of carbonyl (C=O) groups excluding carboxylic acids is 4. The fraction of sp³-hybridized carbons (Fsp3) is 0.553. The lowest BCUT2D eigenvalue weighted by Crippen LogP contribution is -2.28. The Kier molecular flexibility index (Phi) is 58.8. The first-order chi connectivity index (χ1) is 56.3. The maximum atomic E-state index is 14.6. The summed E-state index contributed by atoms with van der Waals surface area (Å²) in [5, 5.41) is 5.23. The number of rotatable bonds is 64. The molecule has 0 radical (unpaired) electrons. The summed E-state index contributed by atoms with van der Waals surface area (Å²) in [4.78, 5) is 52.5. The molecule has 0 saturated carbocycles. The van der Waals surface area contributed by atoms with Crippen LogP contribution in [-0.2, 0) is 110 Å². The predicted molar refractivity (Wildman–Crippen MR) is 425 cm³/mol. The van der Waals surface area contributed by atoms with Crippen LogP contribution in [0.25, 0.3) is 12.2 Å². The largest absolute Gasteiger partial charge is 0.451 e. The van der Waals surface area contributed by atoms with E-state index in [1.54, 1.807) is 7.05 Å². The Morgan fingerprint density at radius 1 is 0.385 bits per heavy atom. The fourth-order valence-electron chi connectivity index (χ4n) is 8.68. The highest BCUT2D eigenvalue weighted by atomic mass is 32.2. The van der Waals surface area contributed by atoms with Crippen molar-refractivity contribution in [2.75, 3.05) is 225 Å². The van der Waals surface area contributed by atoms with Crippen molar-refractivity contribution in [2.24, 2.45) is 32.9 Å². The van der Waals surface area contributed by atoms with Crippen LogP contribution in [0.4, 0.5) is 17.6 Å². The van der Waals surface area contributed by atoms with Crippen LogP contribution < -0.4 is 52.5 Å². The third-order valence-electron chi connectivity index (χ3n) is 14.4. The zero-order valence-corrected chi connectivity index (χ0v) is 68.9. The number of hydrogen-bond acceptors (Lipinski definition) is 25. The van der Waals surface area contributed by atoms with E-state index in [0.717, 1.165) is 43.7 Å². The Labute approximate surface area is 681 Å². The van der Waals surface area contributed by atoms with Crippen molar-refractivity contribution in [3.05, 3.63) is 118 Å². The standard InChI is InChI=1S/C29H39F2N5O9S.C26H34F2N4O7S.C21H43NO9/c1-20(28(38)36-29(32)33)17-21-18-24(30)27(25(31)19-21)45-22-3-5-23(6-4-22)46(39,40)35-9-12-43-14-16-44-15-13-42-11-8-34-26(37)7-10-41-2;1-3-9-36-11-13-38-14-12-37-10-8-31-40(34,35)21-6-4-20(5-7-21)39-24-22(27)16-19(17-23(24)28)15-18(2)25(33)32-26(29)30;1-3-5-24-7-9-26-11-13-28-15-17-30-19-20-31-18-16-29-14-12-27-10-8-25-6-4-21(23)22-2/h3-6,17-19,35H,7-16H2,1-2H3,(H,34,37)(H4,32,33,36,38);4-7,15-17,31H,3,8-14H2,1-2H3,(H4,29,30,32,33);3-20H2,1-2H3,(H,22,23)/b20-17+;18-15+;. The molecule has 0 saturated heterocycles. The van der Waals surface area contributed by atoms with Gasteiger partial charge in [0.2, 0.25) is 31.9 Å². The molecule has 0 aliphatic rings. The van der Waals surface area contributed by atoms with Gasteiger partial charge in [0.25, 0.3) is 11.8 Å². The molecule has 117 heavy (non-hydrogen) atoms. The predicted octanol–water partition coefficient (Wildman–Crippen LogP) is 4.80. The Bertz CT molecular complexity index is 3750. The zero-order valence-electron chi connectivity index (χ0n) is 67.3. The van der Waals surface area contributed by atoms with Crippen molar-refractivity contribution in [3.8, 4) is 23.0 Å². The first kappa shape index (κ1) is 105. The highest BCUT2D eigenvalue weighted by Crippen LogP contribution is 2.32. The summed E-state index contributed by atoms with van der Waals surface area (Å²) in [7, 11) is -4.61. The third kappa shape index (κ3) is 52.3. The number of nitrogens with one attached hydrogen (secondary N) is 4. The summed E-state index contributed by atoms with van der Waals surface area (Å²) < 4.78 is 204. The van der Waals surface area contributed by atoms with E-state index in [1.807, 2.05) is 6.92 Å². The number of halogens is 4. The second kappa shape index (κ2) is 65.6. The van der Waals surface area contributed by atoms with Gasteiger partial charge in [-0.3, -0.25) is 19.2 Å². The highest BCUT2D eigenvalue weighted by molar-refractivity contribution is 7.89. The number of methoxy groups -OCH3 is 1. The highest BCUT2D eigenvalue weighted by Gasteiger charge is 2.20. The maximum Gasteiger partial charge on any atom is 0.275 e. The minimum absolute atomic E-state index is 0.00239. The van der Waals surface area contributed by atoms with Crippen LogP contribution in [0.2, 0.25) is 0 Å². The van der Waals surface area contributed by atoms with Gasteiger partial charge in [-0.1, -0.05) is 13.8 Å². The average molecular weight is 1710 g/mol. The van der Waals surface area contributed by atoms with E-state index < -0.39 is 78.5 Å². The van der Waals surface area contributed by atoms with E-state index in [0.29, 0.717) is 178 Å². The number of carbonyl (C=O) groups is 4. The SMILES string of the molecule is CCCOCCOCCOCCNS(=O)(=O)c1ccc(Oc2c(F)cc(/C=C(\C)C(=O)N=C(N)N)cc2F)cc1.CCCOCCOCCOCCOCCOCCOCCOCCOCCC(=O)NC.COCCC(=O)NCCOCCOCCOCCNS(=O)(=O)c1ccc(Oc2c(F)cc(/C=C(\C)C(=O)N=C(N)N)cc2F)cc1. The average Bonchev–Trinajstić information content (AvgIpc) is 0.826. The molecule has 0 unspecified atom stereocenters. The second-order valence-electron chi connectivity index (χ2n) is 24.0. The molecule has 12 N–H and O–H groups in total. The molecule has 4 amide bonds. The molecule has 0 aromatic heterocycles. The number of hydrogen-bond donors (Lipinski definition) is 8. The summed E-state index contributed by atoms with van der Waals surface area (Å²) in [6, 6.07) is 13.7. The van der Waals surface area contributed by atoms with Crippen molar-refractivity contribution in [1.29, 1.82) is 0 Å². The zero-order chi connectivity index (χ0) is 86.2. The van der Waals surface area contributed by atoms with Crippen LogP contribution in [-0.4, -0.2) is 278 Å². The van der Waals surface area contributed by atoms with Crippen LogP contribution >= 0.6 is 0 Å². The minimum atomic E-state index is -3.89. The normalized spacial score (nSPS) is 11.6. The fourth-order valence-corrected chi connectivity index (χ4v) is 10.7. The molecule has 0 aliphatic carbocycles. The van der Waals surface area contributed by atoms with Gasteiger partial charge in [0, 0.05) is 71.0 Å². The number of amides is 4. The van der Waals surface area contributed by atoms with E-state index in [2.05, 4.69) is 37.0 Å². The number of nitrogens with zero attached hydrogens (tertiary/aromatic N) is 2. The molecular formula is C76H116F4N10O25S2. The van der Waals surface area contributed by atoms with Gasteiger partial charge >= 0.3 is 0 Å². The Morgan fingerprint density at radius 3 is 0.923 bits per heavy atom. The third-order valence-corrected chi connectivity index (χ3v) is 17.3. The van der Waals surface area contributed by atoms with Crippen LogP contribution in [0.1, 0.15) is 64.5 Å². The summed E-state index contributed by atoms with van der Waals surface area (Å²) in [6.07, 6.45) is 5.04. The van der Waals surface area contributed by atoms with E-state index >= 15 is 0 Å². The molecule has 0 fully saturated rings. The van der Waals surface area contributed by atoms with Crippen LogP contribution in [0.15, 0.2) is 104 Å². The monoisotopic (exact) mass is 1710 g/mol. The smallest absolute Gasteiger partial charge is 0.275 e. The van der Waals surface area contributed by atoms with Crippen molar-refractivity contribution in [1.82, 2.24) is 20.1 Å². The molecule has 4 aromatic carbocycles. The van der Waals surface area contributed by atoms with Gasteiger partial charge in [-0.25, -0.2) is 43.8 Å². The van der Waals surface area contributed by atoms with E-state index in [1.165, 1.54) is 81.6 Å². The molecule has 0 bridgehead atoms. The topological polar surface area (TPSA) is 470 Å². The van der Waals surface area contributed by atoms with Gasteiger partial charge in [0.15, 0.2) is 46.7 Å². The summed E-state index contributed by atoms with van der Waals surface area (Å²) in [5.74, 6) is -8.17. The van der Waals surface area contributed by atoms with Crippen molar-refractivity contribution < 1.29 is 134 Å². The van der Waals surface area contributed by atoms with E-state index in [-0.39, 0.29) is 94.9 Å². The molecule has 0 spiro atoms. The lowest BCUT2D eigenvalue weighted by atomic mass is 10.1. The first-order valence-electron chi connectivity index (χ1n) is 37.5. The van der Waals surface area contributed by atoms with E-state index in [4.69, 9.17) is 103 Å². The van der Waals surface area contributed by atoms with Gasteiger partial charge < -0.3 is 114 Å². The maximum absolute atomic E-state index is 14.6. The number of nitrogens with two attached hydrogens (primary N) is 4. The Hall–Kier alpha value is -8.28. The minimum Gasteiger partial charge on any atom is -0.451 e. The molecule has 35 nitrogen and oxygen atoms in total. The van der Waals surface area contributed by atoms with Gasteiger partial charge in [0.1, 0.15) is 11.5 Å². The van der Waals surface area contributed by atoms with Gasteiger partial charge in [-0.2, -0.15) is 9.98 Å². The summed E-state index contributed by atoms with van der Waals surface area (Å²) >= 11 is 0. The second-order valence-corrected chi connectivity index (χ2v) is 27.5. The summed E-state index contributed by atoms with van der Waals surface area (Å²) in [6.45, 7) is 20.4. The number of benzene rings is 4. The van der Waals surface area contributed by atoms with Crippen molar-refractivity contribution in [3.63, 3.8) is 0 Å². The number of guanidine groups is 2. The quantitative estimate of drug-likeness (QED) is 0.00966. The Balaban J connectivity index is 0.000000607. The lowest BCUT2D eigenvalue weighted by molar-refractivity contribution is -0.122. The molecule has 0 atom stereocenters. The Morgan fingerprint density at radius 2 is 0.650 bits per heavy atom.